The monoisotopic (exact) mass is 349 g/mol. The SMILES string of the molecule is O=C(OCc1cccc(C(F)(F)F)c1)c1cnc(Cl)c(Cl)c1. The number of benzene rings is 1. The summed E-state index contributed by atoms with van der Waals surface area (Å²) < 4.78 is 42.6. The zero-order chi connectivity index (χ0) is 16.3. The van der Waals surface area contributed by atoms with Crippen LogP contribution in [0.2, 0.25) is 10.2 Å². The molecule has 0 N–H and O–H groups in total. The van der Waals surface area contributed by atoms with E-state index in [2.05, 4.69) is 4.98 Å². The van der Waals surface area contributed by atoms with Gasteiger partial charge in [0.15, 0.2) is 0 Å². The van der Waals surface area contributed by atoms with Crippen molar-refractivity contribution in [3.05, 3.63) is 63.4 Å². The first-order valence-corrected chi connectivity index (χ1v) is 6.67. The summed E-state index contributed by atoms with van der Waals surface area (Å²) in [7, 11) is 0. The Morgan fingerprint density at radius 2 is 1.95 bits per heavy atom. The van der Waals surface area contributed by atoms with Crippen molar-refractivity contribution < 1.29 is 22.7 Å². The first kappa shape index (κ1) is 16.6. The third kappa shape index (κ3) is 4.11. The minimum atomic E-state index is -4.45. The quantitative estimate of drug-likeness (QED) is 0.592. The van der Waals surface area contributed by atoms with E-state index < -0.39 is 17.7 Å². The van der Waals surface area contributed by atoms with Gasteiger partial charge in [0.2, 0.25) is 0 Å². The van der Waals surface area contributed by atoms with Crippen LogP contribution in [-0.2, 0) is 17.5 Å². The van der Waals surface area contributed by atoms with Crippen LogP contribution in [0, 0.1) is 0 Å². The molecule has 8 heteroatoms. The average Bonchev–Trinajstić information content (AvgIpc) is 2.47. The number of carbonyl (C=O) groups is 1. The molecule has 0 amide bonds. The van der Waals surface area contributed by atoms with Crippen LogP contribution in [-0.4, -0.2) is 11.0 Å². The van der Waals surface area contributed by atoms with Crippen LogP contribution >= 0.6 is 23.2 Å². The number of esters is 1. The van der Waals surface area contributed by atoms with Gasteiger partial charge in [-0.05, 0) is 23.8 Å². The summed E-state index contributed by atoms with van der Waals surface area (Å²) in [5.41, 5.74) is -0.533. The van der Waals surface area contributed by atoms with Crippen molar-refractivity contribution in [2.75, 3.05) is 0 Å². The Kier molecular flexibility index (Phi) is 4.93. The Morgan fingerprint density at radius 1 is 1.23 bits per heavy atom. The van der Waals surface area contributed by atoms with Crippen molar-refractivity contribution in [1.82, 2.24) is 4.98 Å². The van der Waals surface area contributed by atoms with E-state index in [-0.39, 0.29) is 27.9 Å². The van der Waals surface area contributed by atoms with Crippen molar-refractivity contribution >= 4 is 29.2 Å². The summed E-state index contributed by atoms with van der Waals surface area (Å²) in [6.45, 7) is -0.303. The number of aromatic nitrogens is 1. The molecule has 3 nitrogen and oxygen atoms in total. The maximum atomic E-state index is 12.6. The van der Waals surface area contributed by atoms with Gasteiger partial charge in [0.05, 0.1) is 16.1 Å². The molecule has 116 valence electrons. The molecular weight excluding hydrogens is 342 g/mol. The third-order valence-corrected chi connectivity index (χ3v) is 3.34. The lowest BCUT2D eigenvalue weighted by Crippen LogP contribution is -2.08. The van der Waals surface area contributed by atoms with E-state index in [0.717, 1.165) is 12.1 Å². The molecule has 0 aliphatic carbocycles. The van der Waals surface area contributed by atoms with E-state index in [1.54, 1.807) is 0 Å². The normalized spacial score (nSPS) is 11.3. The van der Waals surface area contributed by atoms with Gasteiger partial charge in [0.1, 0.15) is 11.8 Å². The second kappa shape index (κ2) is 6.54. The molecule has 1 aromatic carbocycles. The van der Waals surface area contributed by atoms with Gasteiger partial charge in [-0.3, -0.25) is 0 Å². The molecule has 0 atom stereocenters. The Hall–Kier alpha value is -1.79. The van der Waals surface area contributed by atoms with Crippen molar-refractivity contribution in [3.8, 4) is 0 Å². The van der Waals surface area contributed by atoms with E-state index in [4.69, 9.17) is 27.9 Å². The van der Waals surface area contributed by atoms with Crippen LogP contribution < -0.4 is 0 Å². The van der Waals surface area contributed by atoms with E-state index in [9.17, 15) is 18.0 Å². The highest BCUT2D eigenvalue weighted by molar-refractivity contribution is 6.41. The molecule has 0 saturated carbocycles. The molecule has 0 aliphatic rings. The molecule has 2 rings (SSSR count). The van der Waals surface area contributed by atoms with Gasteiger partial charge in [0.25, 0.3) is 0 Å². The Bertz CT molecular complexity index is 705. The topological polar surface area (TPSA) is 39.2 Å². The molecule has 2 aromatic rings. The van der Waals surface area contributed by atoms with Crippen molar-refractivity contribution in [3.63, 3.8) is 0 Å². The summed E-state index contributed by atoms with van der Waals surface area (Å²) in [5, 5.41) is 0.117. The van der Waals surface area contributed by atoms with Gasteiger partial charge in [-0.15, -0.1) is 0 Å². The first-order chi connectivity index (χ1) is 10.3. The molecule has 0 radical (unpaired) electrons. The van der Waals surface area contributed by atoms with Gasteiger partial charge in [0, 0.05) is 6.20 Å². The maximum Gasteiger partial charge on any atom is 0.416 e. The highest BCUT2D eigenvalue weighted by Gasteiger charge is 2.30. The lowest BCUT2D eigenvalue weighted by Gasteiger charge is -2.09. The van der Waals surface area contributed by atoms with Crippen molar-refractivity contribution in [1.29, 1.82) is 0 Å². The Morgan fingerprint density at radius 3 is 2.59 bits per heavy atom. The van der Waals surface area contributed by atoms with Crippen LogP contribution in [0.1, 0.15) is 21.5 Å². The number of hydrogen-bond acceptors (Lipinski definition) is 3. The third-order valence-electron chi connectivity index (χ3n) is 2.66. The summed E-state index contributed by atoms with van der Waals surface area (Å²) in [6, 6.07) is 5.79. The molecule has 0 unspecified atom stereocenters. The second-order valence-electron chi connectivity index (χ2n) is 4.27. The number of hydrogen-bond donors (Lipinski definition) is 0. The lowest BCUT2D eigenvalue weighted by atomic mass is 10.1. The predicted molar refractivity (Wildman–Crippen MR) is 74.8 cm³/mol. The number of nitrogens with zero attached hydrogens (tertiary/aromatic N) is 1. The zero-order valence-electron chi connectivity index (χ0n) is 10.8. The number of carbonyl (C=O) groups excluding carboxylic acids is 1. The molecular formula is C14H8Cl2F3NO2. The highest BCUT2D eigenvalue weighted by Crippen LogP contribution is 2.29. The standard InChI is InChI=1S/C14H8Cl2F3NO2/c15-11-5-9(6-20-12(11)16)13(21)22-7-8-2-1-3-10(4-8)14(17,18)19/h1-6H,7H2. The van der Waals surface area contributed by atoms with Crippen molar-refractivity contribution in [2.24, 2.45) is 0 Å². The number of alkyl halides is 3. The summed E-state index contributed by atoms with van der Waals surface area (Å²) in [6.07, 6.45) is -3.28. The Balaban J connectivity index is 2.06. The smallest absolute Gasteiger partial charge is 0.416 e. The van der Waals surface area contributed by atoms with Crippen LogP contribution in [0.3, 0.4) is 0 Å². The minimum Gasteiger partial charge on any atom is -0.457 e. The largest absolute Gasteiger partial charge is 0.457 e. The number of pyridine rings is 1. The Labute approximate surface area is 133 Å². The highest BCUT2D eigenvalue weighted by atomic mass is 35.5. The fourth-order valence-electron chi connectivity index (χ4n) is 1.60. The molecule has 0 bridgehead atoms. The van der Waals surface area contributed by atoms with E-state index in [1.807, 2.05) is 0 Å². The molecule has 0 saturated heterocycles. The van der Waals surface area contributed by atoms with E-state index in [1.165, 1.54) is 24.4 Å². The van der Waals surface area contributed by atoms with Gasteiger partial charge < -0.3 is 4.74 Å². The number of halogens is 5. The van der Waals surface area contributed by atoms with Gasteiger partial charge in [-0.2, -0.15) is 13.2 Å². The van der Waals surface area contributed by atoms with Gasteiger partial charge in [-0.1, -0.05) is 35.3 Å². The molecule has 0 spiro atoms. The fourth-order valence-corrected chi connectivity index (χ4v) is 1.87. The van der Waals surface area contributed by atoms with Crippen LogP contribution in [0.5, 0.6) is 0 Å². The molecule has 1 aromatic heterocycles. The van der Waals surface area contributed by atoms with Gasteiger partial charge in [-0.25, -0.2) is 9.78 Å². The summed E-state index contributed by atoms with van der Waals surface area (Å²) in [5.74, 6) is -0.761. The zero-order valence-corrected chi connectivity index (χ0v) is 12.3. The molecule has 1 heterocycles. The number of ether oxygens (including phenoxy) is 1. The van der Waals surface area contributed by atoms with Crippen LogP contribution in [0.25, 0.3) is 0 Å². The molecule has 22 heavy (non-hydrogen) atoms. The summed E-state index contributed by atoms with van der Waals surface area (Å²) in [4.78, 5) is 15.5. The molecule has 0 fully saturated rings. The van der Waals surface area contributed by atoms with Gasteiger partial charge >= 0.3 is 12.1 Å². The summed E-state index contributed by atoms with van der Waals surface area (Å²) >= 11 is 11.3. The minimum absolute atomic E-state index is 0.0381. The average molecular weight is 350 g/mol. The second-order valence-corrected chi connectivity index (χ2v) is 5.04. The first-order valence-electron chi connectivity index (χ1n) is 5.91. The van der Waals surface area contributed by atoms with Crippen LogP contribution in [0.4, 0.5) is 13.2 Å². The van der Waals surface area contributed by atoms with Crippen molar-refractivity contribution in [2.45, 2.75) is 12.8 Å². The maximum absolute atomic E-state index is 12.6. The molecule has 0 aliphatic heterocycles. The number of rotatable bonds is 3. The van der Waals surface area contributed by atoms with E-state index >= 15 is 0 Å². The van der Waals surface area contributed by atoms with Crippen LogP contribution in [0.15, 0.2) is 36.5 Å². The fraction of sp³-hybridized carbons (Fsp3) is 0.143. The lowest BCUT2D eigenvalue weighted by molar-refractivity contribution is -0.137. The predicted octanol–water partition coefficient (Wildman–Crippen LogP) is 4.76. The van der Waals surface area contributed by atoms with E-state index in [0.29, 0.717) is 0 Å².